The average Bonchev–Trinajstić information content (AvgIpc) is 2.77. The highest BCUT2D eigenvalue weighted by molar-refractivity contribution is 5.73. The summed E-state index contributed by atoms with van der Waals surface area (Å²) < 4.78 is 22.7. The first-order chi connectivity index (χ1) is 15.7. The van der Waals surface area contributed by atoms with Gasteiger partial charge >= 0.3 is 0 Å². The number of ether oxygens (including phenoxy) is 4. The lowest BCUT2D eigenvalue weighted by Gasteiger charge is -2.47. The third-order valence-electron chi connectivity index (χ3n) is 5.68. The molecule has 6 unspecified atom stereocenters. The third-order valence-corrected chi connectivity index (χ3v) is 5.68. The van der Waals surface area contributed by atoms with Gasteiger partial charge in [-0.2, -0.15) is 0 Å². The summed E-state index contributed by atoms with van der Waals surface area (Å²) in [5, 5.41) is 62.6. The van der Waals surface area contributed by atoms with Crippen molar-refractivity contribution in [2.24, 2.45) is 5.73 Å². The quantitative estimate of drug-likeness (QED) is 0.126. The van der Waals surface area contributed by atoms with E-state index in [0.717, 1.165) is 12.8 Å². The topological polar surface area (TPSA) is 213 Å². The van der Waals surface area contributed by atoms with E-state index in [4.69, 9.17) is 24.7 Å². The molecule has 0 spiro atoms. The van der Waals surface area contributed by atoms with E-state index in [1.807, 2.05) is 0 Å². The van der Waals surface area contributed by atoms with Gasteiger partial charge in [-0.1, -0.05) is 0 Å². The molecule has 13 heteroatoms. The molecule has 0 aromatic heterocycles. The Labute approximate surface area is 192 Å². The summed E-state index contributed by atoms with van der Waals surface area (Å²) in [5.41, 5.74) is 5.48. The van der Waals surface area contributed by atoms with Gasteiger partial charge in [0.15, 0.2) is 12.6 Å². The fourth-order valence-electron chi connectivity index (χ4n) is 3.94. The number of carbonyl (C=O) groups excluding carboxylic acids is 1. The Morgan fingerprint density at radius 1 is 1.12 bits per heavy atom. The van der Waals surface area contributed by atoms with E-state index in [0.29, 0.717) is 13.0 Å². The predicted molar refractivity (Wildman–Crippen MR) is 111 cm³/mol. The number of rotatable bonds is 12. The normalized spacial score (nSPS) is 38.1. The second-order valence-electron chi connectivity index (χ2n) is 8.35. The number of hydrogen-bond donors (Lipinski definition) is 8. The van der Waals surface area contributed by atoms with Gasteiger partial charge in [-0.05, 0) is 25.8 Å². The predicted octanol–water partition coefficient (Wildman–Crippen LogP) is -3.71. The van der Waals surface area contributed by atoms with Gasteiger partial charge in [0, 0.05) is 20.0 Å². The van der Waals surface area contributed by atoms with Crippen LogP contribution in [0.1, 0.15) is 32.6 Å². The van der Waals surface area contributed by atoms with Crippen LogP contribution in [-0.4, -0.2) is 124 Å². The van der Waals surface area contributed by atoms with Crippen molar-refractivity contribution in [3.63, 3.8) is 0 Å². The molecule has 194 valence electrons. The SMILES string of the molecule is CC(=O)NC1C(OCCCCCN)OC(CO)C(O)C1O[C@@H]1O[C@@H]([C@H](O)CO)C(O)C[C@@H]1O. The largest absolute Gasteiger partial charge is 0.394 e. The zero-order valence-electron chi connectivity index (χ0n) is 18.7. The van der Waals surface area contributed by atoms with Crippen LogP contribution in [0.5, 0.6) is 0 Å². The molecule has 10 atom stereocenters. The Bertz CT molecular complexity index is 586. The summed E-state index contributed by atoms with van der Waals surface area (Å²) in [6.45, 7) is 0.815. The Morgan fingerprint density at radius 3 is 2.45 bits per heavy atom. The Balaban J connectivity index is 2.18. The summed E-state index contributed by atoms with van der Waals surface area (Å²) in [4.78, 5) is 11.9. The van der Waals surface area contributed by atoms with Gasteiger partial charge in [-0.15, -0.1) is 0 Å². The smallest absolute Gasteiger partial charge is 0.217 e. The van der Waals surface area contributed by atoms with E-state index < -0.39 is 80.5 Å². The summed E-state index contributed by atoms with van der Waals surface area (Å²) >= 11 is 0. The first-order valence-electron chi connectivity index (χ1n) is 11.2. The lowest BCUT2D eigenvalue weighted by Crippen LogP contribution is -2.67. The van der Waals surface area contributed by atoms with E-state index in [1.54, 1.807) is 0 Å². The zero-order valence-corrected chi connectivity index (χ0v) is 18.7. The van der Waals surface area contributed by atoms with Crippen molar-refractivity contribution < 1.29 is 54.4 Å². The molecule has 2 aliphatic heterocycles. The van der Waals surface area contributed by atoms with Crippen molar-refractivity contribution in [1.82, 2.24) is 5.32 Å². The van der Waals surface area contributed by atoms with E-state index in [1.165, 1.54) is 6.92 Å². The molecular weight excluding hydrogens is 444 g/mol. The van der Waals surface area contributed by atoms with Crippen molar-refractivity contribution in [3.8, 4) is 0 Å². The molecule has 0 bridgehead atoms. The molecule has 2 saturated heterocycles. The number of aliphatic hydroxyl groups is 6. The van der Waals surface area contributed by atoms with Crippen LogP contribution in [0.4, 0.5) is 0 Å². The summed E-state index contributed by atoms with van der Waals surface area (Å²) in [6.07, 6.45) is -9.48. The second-order valence-corrected chi connectivity index (χ2v) is 8.35. The maximum Gasteiger partial charge on any atom is 0.217 e. The molecule has 0 aromatic carbocycles. The number of carbonyl (C=O) groups is 1. The molecule has 9 N–H and O–H groups in total. The van der Waals surface area contributed by atoms with Crippen LogP contribution in [-0.2, 0) is 23.7 Å². The lowest BCUT2D eigenvalue weighted by molar-refractivity contribution is -0.336. The van der Waals surface area contributed by atoms with E-state index in [2.05, 4.69) is 5.32 Å². The summed E-state index contributed by atoms with van der Waals surface area (Å²) in [7, 11) is 0. The second kappa shape index (κ2) is 13.8. The molecule has 0 aromatic rings. The van der Waals surface area contributed by atoms with E-state index in [9.17, 15) is 35.4 Å². The van der Waals surface area contributed by atoms with Crippen LogP contribution < -0.4 is 11.1 Å². The number of amides is 1. The van der Waals surface area contributed by atoms with Gasteiger partial charge in [-0.25, -0.2) is 0 Å². The summed E-state index contributed by atoms with van der Waals surface area (Å²) in [6, 6.07) is -1.03. The Morgan fingerprint density at radius 2 is 1.85 bits per heavy atom. The highest BCUT2D eigenvalue weighted by Crippen LogP contribution is 2.30. The van der Waals surface area contributed by atoms with Crippen LogP contribution in [0.15, 0.2) is 0 Å². The molecule has 0 saturated carbocycles. The maximum atomic E-state index is 11.9. The number of nitrogens with two attached hydrogens (primary N) is 1. The van der Waals surface area contributed by atoms with E-state index >= 15 is 0 Å². The zero-order chi connectivity index (χ0) is 24.5. The van der Waals surface area contributed by atoms with Crippen LogP contribution in [0.25, 0.3) is 0 Å². The van der Waals surface area contributed by atoms with Gasteiger partial charge in [0.05, 0.1) is 19.3 Å². The van der Waals surface area contributed by atoms with Crippen molar-refractivity contribution in [3.05, 3.63) is 0 Å². The first kappa shape index (κ1) is 28.3. The molecule has 0 radical (unpaired) electrons. The highest BCUT2D eigenvalue weighted by atomic mass is 16.7. The lowest BCUT2D eigenvalue weighted by atomic mass is 9.95. The molecule has 1 amide bonds. The van der Waals surface area contributed by atoms with Crippen LogP contribution in [0.3, 0.4) is 0 Å². The molecule has 2 aliphatic rings. The molecule has 13 nitrogen and oxygen atoms in total. The van der Waals surface area contributed by atoms with Crippen LogP contribution >= 0.6 is 0 Å². The molecule has 2 heterocycles. The number of hydrogen-bond acceptors (Lipinski definition) is 12. The fraction of sp³-hybridized carbons (Fsp3) is 0.950. The van der Waals surface area contributed by atoms with Gasteiger partial charge in [0.25, 0.3) is 0 Å². The van der Waals surface area contributed by atoms with Gasteiger partial charge < -0.3 is 60.6 Å². The van der Waals surface area contributed by atoms with Gasteiger partial charge in [0.1, 0.15) is 42.7 Å². The maximum absolute atomic E-state index is 11.9. The first-order valence-corrected chi connectivity index (χ1v) is 11.2. The third kappa shape index (κ3) is 7.77. The van der Waals surface area contributed by atoms with Crippen molar-refractivity contribution in [1.29, 1.82) is 0 Å². The van der Waals surface area contributed by atoms with Crippen molar-refractivity contribution in [2.45, 2.75) is 94.0 Å². The average molecular weight is 483 g/mol. The molecule has 33 heavy (non-hydrogen) atoms. The standard InChI is InChI=1S/C20H38N2O11/c1-10(25)22-15-18(33-19-12(27)7-11(26)17(32-19)13(28)8-23)16(29)14(9-24)31-20(15)30-6-4-2-3-5-21/h11-20,23-24,26-29H,2-9,21H2,1H3,(H,22,25)/t11?,12-,13+,14?,15?,16?,17+,18?,19-,20?/m0/s1. The number of unbranched alkanes of at least 4 members (excludes halogenated alkanes) is 2. The minimum absolute atomic E-state index is 0.221. The minimum atomic E-state index is -1.44. The molecule has 0 aliphatic carbocycles. The van der Waals surface area contributed by atoms with Crippen LogP contribution in [0.2, 0.25) is 0 Å². The molecular formula is C20H38N2O11. The van der Waals surface area contributed by atoms with Crippen LogP contribution in [0, 0.1) is 0 Å². The van der Waals surface area contributed by atoms with Crippen molar-refractivity contribution >= 4 is 5.91 Å². The number of nitrogens with one attached hydrogen (secondary N) is 1. The summed E-state index contributed by atoms with van der Waals surface area (Å²) in [5.74, 6) is -0.460. The minimum Gasteiger partial charge on any atom is -0.394 e. The Kier molecular flexibility index (Phi) is 11.8. The molecule has 2 rings (SSSR count). The van der Waals surface area contributed by atoms with Gasteiger partial charge in [-0.3, -0.25) is 4.79 Å². The monoisotopic (exact) mass is 482 g/mol. The fourth-order valence-corrected chi connectivity index (χ4v) is 3.94. The van der Waals surface area contributed by atoms with Gasteiger partial charge in [0.2, 0.25) is 5.91 Å². The van der Waals surface area contributed by atoms with E-state index in [-0.39, 0.29) is 13.0 Å². The Hall–Kier alpha value is -0.970. The molecule has 2 fully saturated rings. The van der Waals surface area contributed by atoms with Crippen molar-refractivity contribution in [2.75, 3.05) is 26.4 Å². The highest BCUT2D eigenvalue weighted by Gasteiger charge is 2.50. The number of aliphatic hydroxyl groups excluding tert-OH is 6.